The minimum Gasteiger partial charge on any atom is -0.392 e. The second-order valence-electron chi connectivity index (χ2n) is 5.96. The van der Waals surface area contributed by atoms with E-state index in [-0.39, 0.29) is 0 Å². The molecule has 0 saturated heterocycles. The summed E-state index contributed by atoms with van der Waals surface area (Å²) in [6, 6.07) is 8.38. The lowest BCUT2D eigenvalue weighted by atomic mass is 9.96. The van der Waals surface area contributed by atoms with E-state index in [4.69, 9.17) is 0 Å². The molecule has 0 amide bonds. The molecule has 1 aliphatic rings. The highest BCUT2D eigenvalue weighted by Gasteiger charge is 2.17. The van der Waals surface area contributed by atoms with Gasteiger partial charge in [0.15, 0.2) is 0 Å². The summed E-state index contributed by atoms with van der Waals surface area (Å²) in [5, 5.41) is 14.8. The van der Waals surface area contributed by atoms with Crippen molar-refractivity contribution >= 4 is 0 Å². The first-order valence-electron chi connectivity index (χ1n) is 7.93. The van der Waals surface area contributed by atoms with Crippen LogP contribution in [0.4, 0.5) is 0 Å². The summed E-state index contributed by atoms with van der Waals surface area (Å²) < 4.78 is 2.10. The fraction of sp³-hybridized carbons (Fsp3) is 0.529. The third kappa shape index (κ3) is 3.91. The van der Waals surface area contributed by atoms with Gasteiger partial charge in [-0.3, -0.25) is 9.67 Å². The largest absolute Gasteiger partial charge is 0.392 e. The molecule has 0 spiro atoms. The van der Waals surface area contributed by atoms with Gasteiger partial charge in [-0.25, -0.2) is 0 Å². The summed E-state index contributed by atoms with van der Waals surface area (Å²) in [5.74, 6) is 0. The molecule has 2 aromatic rings. The maximum absolute atomic E-state index is 10.2. The zero-order valence-electron chi connectivity index (χ0n) is 12.4. The standard InChI is InChI=1S/C17H23N3O/c21-17(12-14-6-4-5-10-18-14)13-15-9-11-20(19-15)16-7-2-1-3-8-16/h4-6,9-11,16-17,21H,1-3,7-8,12-13H2. The number of nitrogens with zero attached hydrogens (tertiary/aromatic N) is 3. The average Bonchev–Trinajstić information content (AvgIpc) is 2.97. The first-order valence-corrected chi connectivity index (χ1v) is 7.93. The Hall–Kier alpha value is -1.68. The second-order valence-corrected chi connectivity index (χ2v) is 5.96. The van der Waals surface area contributed by atoms with Gasteiger partial charge < -0.3 is 5.11 Å². The topological polar surface area (TPSA) is 50.9 Å². The molecular weight excluding hydrogens is 262 g/mol. The number of aliphatic hydroxyl groups is 1. The molecule has 0 radical (unpaired) electrons. The molecule has 21 heavy (non-hydrogen) atoms. The molecule has 4 heteroatoms. The number of hydrogen-bond acceptors (Lipinski definition) is 3. The molecule has 1 fully saturated rings. The molecule has 1 N–H and O–H groups in total. The van der Waals surface area contributed by atoms with Crippen molar-refractivity contribution in [2.45, 2.75) is 57.1 Å². The molecule has 3 rings (SSSR count). The lowest BCUT2D eigenvalue weighted by Crippen LogP contribution is -2.17. The molecule has 1 atom stereocenters. The van der Waals surface area contributed by atoms with E-state index in [0.717, 1.165) is 11.4 Å². The van der Waals surface area contributed by atoms with Crippen molar-refractivity contribution in [1.82, 2.24) is 14.8 Å². The van der Waals surface area contributed by atoms with Gasteiger partial charge in [-0.15, -0.1) is 0 Å². The van der Waals surface area contributed by atoms with Crippen LogP contribution in [0, 0.1) is 0 Å². The predicted molar refractivity (Wildman–Crippen MR) is 82.0 cm³/mol. The molecule has 0 bridgehead atoms. The fourth-order valence-corrected chi connectivity index (χ4v) is 3.11. The van der Waals surface area contributed by atoms with Crippen LogP contribution in [0.15, 0.2) is 36.7 Å². The van der Waals surface area contributed by atoms with E-state index >= 15 is 0 Å². The van der Waals surface area contributed by atoms with Crippen LogP contribution < -0.4 is 0 Å². The van der Waals surface area contributed by atoms with Gasteiger partial charge in [-0.1, -0.05) is 25.3 Å². The van der Waals surface area contributed by atoms with Crippen LogP contribution in [0.5, 0.6) is 0 Å². The SMILES string of the molecule is OC(Cc1ccccn1)Cc1ccn(C2CCCCC2)n1. The van der Waals surface area contributed by atoms with Crippen molar-refractivity contribution in [3.05, 3.63) is 48.0 Å². The van der Waals surface area contributed by atoms with Gasteiger partial charge in [0.05, 0.1) is 17.8 Å². The van der Waals surface area contributed by atoms with Gasteiger partial charge in [0.25, 0.3) is 0 Å². The Balaban J connectivity index is 1.56. The Morgan fingerprint density at radius 2 is 1.90 bits per heavy atom. The summed E-state index contributed by atoms with van der Waals surface area (Å²) in [6.07, 6.45) is 11.0. The van der Waals surface area contributed by atoms with Crippen LogP contribution in [0.3, 0.4) is 0 Å². The average molecular weight is 285 g/mol. The van der Waals surface area contributed by atoms with Crippen molar-refractivity contribution in [2.24, 2.45) is 0 Å². The van der Waals surface area contributed by atoms with Crippen LogP contribution in [0.2, 0.25) is 0 Å². The Kier molecular flexibility index (Phi) is 4.65. The summed E-state index contributed by atoms with van der Waals surface area (Å²) in [5.41, 5.74) is 1.90. The van der Waals surface area contributed by atoms with E-state index in [2.05, 4.69) is 21.0 Å². The zero-order chi connectivity index (χ0) is 14.5. The summed E-state index contributed by atoms with van der Waals surface area (Å²) >= 11 is 0. The van der Waals surface area contributed by atoms with Gasteiger partial charge in [-0.05, 0) is 31.0 Å². The molecule has 1 unspecified atom stereocenters. The third-order valence-corrected chi connectivity index (χ3v) is 4.23. The van der Waals surface area contributed by atoms with E-state index in [1.165, 1.54) is 32.1 Å². The molecule has 0 aromatic carbocycles. The van der Waals surface area contributed by atoms with Crippen LogP contribution in [0.1, 0.15) is 49.5 Å². The quantitative estimate of drug-likeness (QED) is 0.919. The van der Waals surface area contributed by atoms with Crippen LogP contribution in [-0.2, 0) is 12.8 Å². The van der Waals surface area contributed by atoms with E-state index in [9.17, 15) is 5.11 Å². The highest BCUT2D eigenvalue weighted by molar-refractivity contribution is 5.07. The normalized spacial score (nSPS) is 17.8. The lowest BCUT2D eigenvalue weighted by molar-refractivity contribution is 0.172. The van der Waals surface area contributed by atoms with Gasteiger partial charge in [0.2, 0.25) is 0 Å². The second kappa shape index (κ2) is 6.85. The molecule has 112 valence electrons. The molecule has 2 heterocycles. The zero-order valence-corrected chi connectivity index (χ0v) is 12.4. The summed E-state index contributed by atoms with van der Waals surface area (Å²) in [4.78, 5) is 4.25. The third-order valence-electron chi connectivity index (χ3n) is 4.23. The molecule has 4 nitrogen and oxygen atoms in total. The van der Waals surface area contributed by atoms with Gasteiger partial charge in [0.1, 0.15) is 0 Å². The summed E-state index contributed by atoms with van der Waals surface area (Å²) in [7, 11) is 0. The molecule has 1 aliphatic carbocycles. The minimum absolute atomic E-state index is 0.422. The van der Waals surface area contributed by atoms with Crippen molar-refractivity contribution in [1.29, 1.82) is 0 Å². The monoisotopic (exact) mass is 285 g/mol. The Morgan fingerprint density at radius 3 is 2.67 bits per heavy atom. The smallest absolute Gasteiger partial charge is 0.0651 e. The Bertz CT molecular complexity index is 546. The first-order chi connectivity index (χ1) is 10.3. The first kappa shape index (κ1) is 14.3. The molecule has 2 aromatic heterocycles. The number of aromatic nitrogens is 3. The maximum Gasteiger partial charge on any atom is 0.0651 e. The number of pyridine rings is 1. The van der Waals surface area contributed by atoms with E-state index in [1.54, 1.807) is 6.20 Å². The Labute approximate surface area is 125 Å². The molecular formula is C17H23N3O. The summed E-state index contributed by atoms with van der Waals surface area (Å²) in [6.45, 7) is 0. The number of rotatable bonds is 5. The van der Waals surface area contributed by atoms with Crippen LogP contribution >= 0.6 is 0 Å². The maximum atomic E-state index is 10.2. The van der Waals surface area contributed by atoms with Crippen LogP contribution in [-0.4, -0.2) is 26.0 Å². The highest BCUT2D eigenvalue weighted by atomic mass is 16.3. The van der Waals surface area contributed by atoms with E-state index in [1.807, 2.05) is 24.3 Å². The van der Waals surface area contributed by atoms with Gasteiger partial charge in [-0.2, -0.15) is 5.10 Å². The number of aliphatic hydroxyl groups excluding tert-OH is 1. The molecule has 0 aliphatic heterocycles. The van der Waals surface area contributed by atoms with Gasteiger partial charge >= 0.3 is 0 Å². The van der Waals surface area contributed by atoms with Crippen molar-refractivity contribution in [3.63, 3.8) is 0 Å². The minimum atomic E-state index is -0.422. The lowest BCUT2D eigenvalue weighted by Gasteiger charge is -2.21. The van der Waals surface area contributed by atoms with Gasteiger partial charge in [0, 0.05) is 30.9 Å². The van der Waals surface area contributed by atoms with Crippen molar-refractivity contribution in [2.75, 3.05) is 0 Å². The van der Waals surface area contributed by atoms with E-state index in [0.29, 0.717) is 18.9 Å². The van der Waals surface area contributed by atoms with Crippen molar-refractivity contribution in [3.8, 4) is 0 Å². The Morgan fingerprint density at radius 1 is 1.10 bits per heavy atom. The van der Waals surface area contributed by atoms with Crippen LogP contribution in [0.25, 0.3) is 0 Å². The fourth-order valence-electron chi connectivity index (χ4n) is 3.11. The van der Waals surface area contributed by atoms with Crippen molar-refractivity contribution < 1.29 is 5.11 Å². The number of hydrogen-bond donors (Lipinski definition) is 1. The predicted octanol–water partition coefficient (Wildman–Crippen LogP) is 2.93. The highest BCUT2D eigenvalue weighted by Crippen LogP contribution is 2.27. The van der Waals surface area contributed by atoms with E-state index < -0.39 is 6.10 Å². The molecule has 1 saturated carbocycles.